The van der Waals surface area contributed by atoms with Crippen molar-refractivity contribution in [1.29, 1.82) is 0 Å². The van der Waals surface area contributed by atoms with Gasteiger partial charge in [-0.1, -0.05) is 12.1 Å². The molecule has 1 amide bonds. The van der Waals surface area contributed by atoms with E-state index in [1.807, 2.05) is 31.2 Å². The first-order valence-corrected chi connectivity index (χ1v) is 6.30. The second-order valence-electron chi connectivity index (χ2n) is 4.41. The zero-order valence-electron chi connectivity index (χ0n) is 11.0. The Morgan fingerprint density at radius 2 is 2.26 bits per heavy atom. The molecular weight excluding hydrogens is 240 g/mol. The minimum absolute atomic E-state index is 0.0865. The van der Waals surface area contributed by atoms with Crippen molar-refractivity contribution in [3.05, 3.63) is 47.8 Å². The Balaban J connectivity index is 2.28. The number of carbonyl (C=O) groups excluding carboxylic acids is 1. The maximum Gasteiger partial charge on any atom is 0.276 e. The quantitative estimate of drug-likeness (QED) is 0.857. The molecule has 2 aromatic rings. The van der Waals surface area contributed by atoms with Crippen molar-refractivity contribution in [2.24, 2.45) is 5.73 Å². The third-order valence-electron chi connectivity index (χ3n) is 2.88. The van der Waals surface area contributed by atoms with Crippen LogP contribution < -0.4 is 10.6 Å². The van der Waals surface area contributed by atoms with E-state index < -0.39 is 0 Å². The number of hydrogen-bond donors (Lipinski definition) is 2. The van der Waals surface area contributed by atoms with Gasteiger partial charge in [-0.05, 0) is 43.7 Å². The molecule has 0 saturated heterocycles. The maximum absolute atomic E-state index is 12.4. The van der Waals surface area contributed by atoms with E-state index in [9.17, 15) is 4.79 Å². The third kappa shape index (κ3) is 3.20. The number of aromatic nitrogens is 2. The van der Waals surface area contributed by atoms with E-state index in [0.29, 0.717) is 18.8 Å². The molecule has 3 N–H and O–H groups in total. The Morgan fingerprint density at radius 1 is 1.42 bits per heavy atom. The molecule has 0 spiro atoms. The molecule has 0 aliphatic heterocycles. The van der Waals surface area contributed by atoms with Gasteiger partial charge in [-0.2, -0.15) is 5.10 Å². The van der Waals surface area contributed by atoms with Gasteiger partial charge in [-0.15, -0.1) is 0 Å². The number of nitrogens with zero attached hydrogens (tertiary/aromatic N) is 2. The zero-order chi connectivity index (χ0) is 13.7. The Bertz CT molecular complexity index is 536. The summed E-state index contributed by atoms with van der Waals surface area (Å²) >= 11 is 0. The van der Waals surface area contributed by atoms with Crippen LogP contribution in [0.2, 0.25) is 0 Å². The normalized spacial score (nSPS) is 10.4. The standard InChI is InChI=1S/C14H18N4O/c1-11-4-2-5-12(10-11)18(9-3-7-15)14(19)13-6-8-16-17-13/h2,4-6,8,10H,3,7,9,15H2,1H3,(H,16,17). The average molecular weight is 258 g/mol. The minimum atomic E-state index is -0.0865. The third-order valence-corrected chi connectivity index (χ3v) is 2.88. The number of benzene rings is 1. The lowest BCUT2D eigenvalue weighted by atomic mass is 10.2. The van der Waals surface area contributed by atoms with Gasteiger partial charge >= 0.3 is 0 Å². The highest BCUT2D eigenvalue weighted by molar-refractivity contribution is 6.04. The van der Waals surface area contributed by atoms with E-state index in [0.717, 1.165) is 17.7 Å². The van der Waals surface area contributed by atoms with Crippen LogP contribution >= 0.6 is 0 Å². The van der Waals surface area contributed by atoms with Crippen molar-refractivity contribution in [2.45, 2.75) is 13.3 Å². The van der Waals surface area contributed by atoms with Crippen LogP contribution in [0.4, 0.5) is 5.69 Å². The summed E-state index contributed by atoms with van der Waals surface area (Å²) in [7, 11) is 0. The molecule has 0 atom stereocenters. The molecule has 5 heteroatoms. The first-order chi connectivity index (χ1) is 9.22. The van der Waals surface area contributed by atoms with E-state index in [4.69, 9.17) is 5.73 Å². The first kappa shape index (κ1) is 13.3. The number of hydrogen-bond acceptors (Lipinski definition) is 3. The molecule has 5 nitrogen and oxygen atoms in total. The van der Waals surface area contributed by atoms with Crippen molar-refractivity contribution in [2.75, 3.05) is 18.0 Å². The van der Waals surface area contributed by atoms with Gasteiger partial charge in [0, 0.05) is 18.4 Å². The van der Waals surface area contributed by atoms with Crippen molar-refractivity contribution in [1.82, 2.24) is 10.2 Å². The smallest absolute Gasteiger partial charge is 0.276 e. The summed E-state index contributed by atoms with van der Waals surface area (Å²) < 4.78 is 0. The summed E-state index contributed by atoms with van der Waals surface area (Å²) in [6.45, 7) is 3.15. The lowest BCUT2D eigenvalue weighted by molar-refractivity contribution is 0.0982. The lowest BCUT2D eigenvalue weighted by Crippen LogP contribution is -2.33. The van der Waals surface area contributed by atoms with E-state index in [1.54, 1.807) is 17.2 Å². The van der Waals surface area contributed by atoms with Crippen LogP contribution in [0.15, 0.2) is 36.5 Å². The molecule has 100 valence electrons. The lowest BCUT2D eigenvalue weighted by Gasteiger charge is -2.22. The molecule has 0 saturated carbocycles. The van der Waals surface area contributed by atoms with Gasteiger partial charge in [0.2, 0.25) is 0 Å². The molecule has 2 rings (SSSR count). The molecule has 0 radical (unpaired) electrons. The maximum atomic E-state index is 12.4. The topological polar surface area (TPSA) is 75.0 Å². The van der Waals surface area contributed by atoms with E-state index in [2.05, 4.69) is 10.2 Å². The second kappa shape index (κ2) is 6.15. The number of carbonyl (C=O) groups is 1. The molecule has 0 aliphatic carbocycles. The Morgan fingerprint density at radius 3 is 2.89 bits per heavy atom. The van der Waals surface area contributed by atoms with E-state index in [1.165, 1.54) is 0 Å². The van der Waals surface area contributed by atoms with Gasteiger partial charge in [-0.3, -0.25) is 9.89 Å². The summed E-state index contributed by atoms with van der Waals surface area (Å²) in [5.41, 5.74) is 8.03. The van der Waals surface area contributed by atoms with Gasteiger partial charge in [0.05, 0.1) is 0 Å². The Labute approximate surface area is 112 Å². The summed E-state index contributed by atoms with van der Waals surface area (Å²) in [5.74, 6) is -0.0865. The Hall–Kier alpha value is -2.14. The summed E-state index contributed by atoms with van der Waals surface area (Å²) in [5, 5.41) is 6.53. The van der Waals surface area contributed by atoms with Crippen LogP contribution in [0.3, 0.4) is 0 Å². The minimum Gasteiger partial charge on any atom is -0.330 e. The molecule has 0 aliphatic rings. The molecule has 1 aromatic heterocycles. The highest BCUT2D eigenvalue weighted by atomic mass is 16.2. The van der Waals surface area contributed by atoms with E-state index in [-0.39, 0.29) is 5.91 Å². The molecular formula is C14H18N4O. The predicted molar refractivity (Wildman–Crippen MR) is 75.1 cm³/mol. The predicted octanol–water partition coefficient (Wildman–Crippen LogP) is 1.71. The van der Waals surface area contributed by atoms with E-state index >= 15 is 0 Å². The molecule has 0 fully saturated rings. The number of nitrogens with one attached hydrogen (secondary N) is 1. The van der Waals surface area contributed by atoms with Crippen molar-refractivity contribution >= 4 is 11.6 Å². The number of nitrogens with two attached hydrogens (primary N) is 1. The number of anilines is 1. The van der Waals surface area contributed by atoms with Crippen LogP contribution in [-0.2, 0) is 0 Å². The number of amides is 1. The number of aromatic amines is 1. The fourth-order valence-corrected chi connectivity index (χ4v) is 1.91. The van der Waals surface area contributed by atoms with Crippen molar-refractivity contribution < 1.29 is 4.79 Å². The first-order valence-electron chi connectivity index (χ1n) is 6.30. The largest absolute Gasteiger partial charge is 0.330 e. The number of rotatable bonds is 5. The fourth-order valence-electron chi connectivity index (χ4n) is 1.91. The molecule has 1 aromatic carbocycles. The van der Waals surface area contributed by atoms with Crippen LogP contribution in [0, 0.1) is 6.92 Å². The van der Waals surface area contributed by atoms with Gasteiger partial charge in [-0.25, -0.2) is 0 Å². The van der Waals surface area contributed by atoms with Gasteiger partial charge in [0.15, 0.2) is 0 Å². The van der Waals surface area contributed by atoms with Crippen LogP contribution in [-0.4, -0.2) is 29.2 Å². The van der Waals surface area contributed by atoms with Crippen LogP contribution in [0.1, 0.15) is 22.5 Å². The Kier molecular flexibility index (Phi) is 4.30. The van der Waals surface area contributed by atoms with Gasteiger partial charge < -0.3 is 10.6 Å². The van der Waals surface area contributed by atoms with Gasteiger partial charge in [0.25, 0.3) is 5.91 Å². The fraction of sp³-hybridized carbons (Fsp3) is 0.286. The summed E-state index contributed by atoms with van der Waals surface area (Å²) in [4.78, 5) is 14.2. The van der Waals surface area contributed by atoms with Crippen molar-refractivity contribution in [3.63, 3.8) is 0 Å². The summed E-state index contributed by atoms with van der Waals surface area (Å²) in [6, 6.07) is 9.54. The molecule has 1 heterocycles. The molecule has 0 unspecified atom stereocenters. The number of aryl methyl sites for hydroxylation is 1. The van der Waals surface area contributed by atoms with Crippen LogP contribution in [0.25, 0.3) is 0 Å². The van der Waals surface area contributed by atoms with Crippen molar-refractivity contribution in [3.8, 4) is 0 Å². The zero-order valence-corrected chi connectivity index (χ0v) is 11.0. The highest BCUT2D eigenvalue weighted by Crippen LogP contribution is 2.18. The summed E-state index contributed by atoms with van der Waals surface area (Å²) in [6.07, 6.45) is 2.33. The number of H-pyrrole nitrogens is 1. The van der Waals surface area contributed by atoms with Gasteiger partial charge in [0.1, 0.15) is 5.69 Å². The van der Waals surface area contributed by atoms with Crippen LogP contribution in [0.5, 0.6) is 0 Å². The SMILES string of the molecule is Cc1cccc(N(CCCN)C(=O)c2ccn[nH]2)c1. The average Bonchev–Trinajstić information content (AvgIpc) is 2.93. The molecule has 19 heavy (non-hydrogen) atoms. The molecule has 0 bridgehead atoms. The highest BCUT2D eigenvalue weighted by Gasteiger charge is 2.18. The second-order valence-corrected chi connectivity index (χ2v) is 4.41. The monoisotopic (exact) mass is 258 g/mol.